The number of hydrogen-bond acceptors (Lipinski definition) is 4. The first kappa shape index (κ1) is 12.1. The van der Waals surface area contributed by atoms with Gasteiger partial charge in [-0.1, -0.05) is 13.8 Å². The van der Waals surface area contributed by atoms with Crippen LogP contribution in [0, 0.1) is 11.8 Å². The molecule has 1 saturated carbocycles. The van der Waals surface area contributed by atoms with Crippen LogP contribution in [-0.2, 0) is 0 Å². The van der Waals surface area contributed by atoms with E-state index in [9.17, 15) is 0 Å². The van der Waals surface area contributed by atoms with Gasteiger partial charge in [0.25, 0.3) is 0 Å². The Morgan fingerprint density at radius 2 is 2.24 bits per heavy atom. The quantitative estimate of drug-likeness (QED) is 0.820. The SMILES string of the molecule is CCCNc1cncc(N(C)CC2CC2C)n1. The summed E-state index contributed by atoms with van der Waals surface area (Å²) in [6.45, 7) is 6.49. The van der Waals surface area contributed by atoms with Crippen molar-refractivity contribution in [2.24, 2.45) is 11.8 Å². The molecule has 0 aliphatic heterocycles. The van der Waals surface area contributed by atoms with E-state index in [0.29, 0.717) is 0 Å². The summed E-state index contributed by atoms with van der Waals surface area (Å²) in [4.78, 5) is 11.0. The predicted octanol–water partition coefficient (Wildman–Crippen LogP) is 2.39. The number of rotatable bonds is 6. The lowest BCUT2D eigenvalue weighted by Gasteiger charge is -2.18. The van der Waals surface area contributed by atoms with Gasteiger partial charge in [-0.3, -0.25) is 4.98 Å². The van der Waals surface area contributed by atoms with Gasteiger partial charge in [0.1, 0.15) is 11.6 Å². The number of nitrogens with zero attached hydrogens (tertiary/aromatic N) is 3. The number of aromatic nitrogens is 2. The first-order valence-electron chi connectivity index (χ1n) is 6.47. The maximum absolute atomic E-state index is 4.57. The third kappa shape index (κ3) is 3.32. The molecule has 0 radical (unpaired) electrons. The Balaban J connectivity index is 1.94. The van der Waals surface area contributed by atoms with Crippen LogP contribution in [0.3, 0.4) is 0 Å². The smallest absolute Gasteiger partial charge is 0.149 e. The third-order valence-electron chi connectivity index (χ3n) is 3.35. The third-order valence-corrected chi connectivity index (χ3v) is 3.35. The lowest BCUT2D eigenvalue weighted by molar-refractivity contribution is 0.718. The van der Waals surface area contributed by atoms with Gasteiger partial charge in [0.15, 0.2) is 0 Å². The Morgan fingerprint density at radius 1 is 1.47 bits per heavy atom. The monoisotopic (exact) mass is 234 g/mol. The lowest BCUT2D eigenvalue weighted by atomic mass is 10.3. The maximum Gasteiger partial charge on any atom is 0.149 e. The lowest BCUT2D eigenvalue weighted by Crippen LogP contribution is -2.22. The summed E-state index contributed by atoms with van der Waals surface area (Å²) in [5.41, 5.74) is 0. The van der Waals surface area contributed by atoms with Gasteiger partial charge >= 0.3 is 0 Å². The summed E-state index contributed by atoms with van der Waals surface area (Å²) in [7, 11) is 2.10. The van der Waals surface area contributed by atoms with Crippen LogP contribution >= 0.6 is 0 Å². The molecule has 2 unspecified atom stereocenters. The van der Waals surface area contributed by atoms with E-state index in [2.05, 4.69) is 41.1 Å². The Morgan fingerprint density at radius 3 is 2.88 bits per heavy atom. The molecule has 0 amide bonds. The molecule has 94 valence electrons. The van der Waals surface area contributed by atoms with Gasteiger partial charge in [0, 0.05) is 20.1 Å². The minimum atomic E-state index is 0.842. The molecule has 17 heavy (non-hydrogen) atoms. The molecule has 1 aromatic rings. The minimum absolute atomic E-state index is 0.842. The molecule has 2 atom stereocenters. The van der Waals surface area contributed by atoms with Crippen LogP contribution in [0.2, 0.25) is 0 Å². The second-order valence-corrected chi connectivity index (χ2v) is 5.04. The molecular formula is C13H22N4. The summed E-state index contributed by atoms with van der Waals surface area (Å²) in [5, 5.41) is 3.27. The standard InChI is InChI=1S/C13H22N4/c1-4-5-15-12-7-14-8-13(16-12)17(3)9-11-6-10(11)2/h7-8,10-11H,4-6,9H2,1-3H3,(H,15,16). The molecule has 2 rings (SSSR count). The van der Waals surface area contributed by atoms with E-state index in [4.69, 9.17) is 0 Å². The minimum Gasteiger partial charge on any atom is -0.369 e. The number of nitrogens with one attached hydrogen (secondary N) is 1. The summed E-state index contributed by atoms with van der Waals surface area (Å²) < 4.78 is 0. The molecule has 0 spiro atoms. The van der Waals surface area contributed by atoms with Crippen molar-refractivity contribution in [1.82, 2.24) is 9.97 Å². The predicted molar refractivity (Wildman–Crippen MR) is 71.4 cm³/mol. The molecular weight excluding hydrogens is 212 g/mol. The maximum atomic E-state index is 4.57. The van der Waals surface area contributed by atoms with Crippen molar-refractivity contribution in [3.63, 3.8) is 0 Å². The van der Waals surface area contributed by atoms with Gasteiger partial charge in [-0.2, -0.15) is 0 Å². The van der Waals surface area contributed by atoms with Gasteiger partial charge in [0.05, 0.1) is 12.4 Å². The molecule has 1 heterocycles. The van der Waals surface area contributed by atoms with E-state index in [1.165, 1.54) is 6.42 Å². The van der Waals surface area contributed by atoms with Crippen LogP contribution in [-0.4, -0.2) is 30.1 Å². The van der Waals surface area contributed by atoms with Gasteiger partial charge < -0.3 is 10.2 Å². The molecule has 0 bridgehead atoms. The van der Waals surface area contributed by atoms with Gasteiger partial charge in [0.2, 0.25) is 0 Å². The first-order valence-corrected chi connectivity index (χ1v) is 6.47. The van der Waals surface area contributed by atoms with Crippen LogP contribution in [0.25, 0.3) is 0 Å². The fourth-order valence-electron chi connectivity index (χ4n) is 1.98. The molecule has 1 aliphatic rings. The zero-order valence-electron chi connectivity index (χ0n) is 11.0. The van der Waals surface area contributed by atoms with Crippen LogP contribution in [0.15, 0.2) is 12.4 Å². The van der Waals surface area contributed by atoms with E-state index >= 15 is 0 Å². The van der Waals surface area contributed by atoms with Gasteiger partial charge in [-0.25, -0.2) is 4.98 Å². The largest absolute Gasteiger partial charge is 0.369 e. The van der Waals surface area contributed by atoms with Crippen molar-refractivity contribution in [2.75, 3.05) is 30.4 Å². The normalized spacial score (nSPS) is 22.3. The Bertz CT molecular complexity index is 366. The zero-order chi connectivity index (χ0) is 12.3. The fourth-order valence-corrected chi connectivity index (χ4v) is 1.98. The molecule has 0 aromatic carbocycles. The molecule has 1 N–H and O–H groups in total. The van der Waals surface area contributed by atoms with Gasteiger partial charge in [-0.05, 0) is 24.7 Å². The summed E-state index contributed by atoms with van der Waals surface area (Å²) >= 11 is 0. The number of anilines is 2. The van der Waals surface area contributed by atoms with Crippen LogP contribution in [0.5, 0.6) is 0 Å². The Kier molecular flexibility index (Phi) is 3.82. The van der Waals surface area contributed by atoms with E-state index in [-0.39, 0.29) is 0 Å². The van der Waals surface area contributed by atoms with Crippen molar-refractivity contribution < 1.29 is 0 Å². The highest BCUT2D eigenvalue weighted by atomic mass is 15.2. The summed E-state index contributed by atoms with van der Waals surface area (Å²) in [6, 6.07) is 0. The van der Waals surface area contributed by atoms with Crippen molar-refractivity contribution in [1.29, 1.82) is 0 Å². The highest BCUT2D eigenvalue weighted by Gasteiger charge is 2.33. The Labute approximate surface area is 103 Å². The highest BCUT2D eigenvalue weighted by molar-refractivity contribution is 5.43. The van der Waals surface area contributed by atoms with E-state index in [1.807, 2.05) is 6.20 Å². The molecule has 4 heteroatoms. The molecule has 4 nitrogen and oxygen atoms in total. The molecule has 1 aromatic heterocycles. The van der Waals surface area contributed by atoms with E-state index in [1.54, 1.807) is 6.20 Å². The Hall–Kier alpha value is -1.32. The molecule has 1 fully saturated rings. The molecule has 1 aliphatic carbocycles. The van der Waals surface area contributed by atoms with Crippen LogP contribution in [0.4, 0.5) is 11.6 Å². The second-order valence-electron chi connectivity index (χ2n) is 5.04. The topological polar surface area (TPSA) is 41.1 Å². The second kappa shape index (κ2) is 5.34. The number of hydrogen-bond donors (Lipinski definition) is 1. The van der Waals surface area contributed by atoms with Gasteiger partial charge in [-0.15, -0.1) is 0 Å². The summed E-state index contributed by atoms with van der Waals surface area (Å²) in [6.07, 6.45) is 6.07. The van der Waals surface area contributed by atoms with Crippen molar-refractivity contribution in [3.8, 4) is 0 Å². The van der Waals surface area contributed by atoms with Crippen molar-refractivity contribution >= 4 is 11.6 Å². The summed E-state index contributed by atoms with van der Waals surface area (Å²) in [5.74, 6) is 3.56. The van der Waals surface area contributed by atoms with Crippen molar-refractivity contribution in [3.05, 3.63) is 12.4 Å². The fraction of sp³-hybridized carbons (Fsp3) is 0.692. The van der Waals surface area contributed by atoms with E-state index < -0.39 is 0 Å². The highest BCUT2D eigenvalue weighted by Crippen LogP contribution is 2.38. The van der Waals surface area contributed by atoms with Crippen LogP contribution in [0.1, 0.15) is 26.7 Å². The molecule has 0 saturated heterocycles. The first-order chi connectivity index (χ1) is 8.20. The van der Waals surface area contributed by atoms with E-state index in [0.717, 1.165) is 43.0 Å². The average molecular weight is 234 g/mol. The zero-order valence-corrected chi connectivity index (χ0v) is 11.0. The average Bonchev–Trinajstić information content (AvgIpc) is 3.02. The van der Waals surface area contributed by atoms with Crippen molar-refractivity contribution in [2.45, 2.75) is 26.7 Å². The van der Waals surface area contributed by atoms with Crippen LogP contribution < -0.4 is 10.2 Å².